The summed E-state index contributed by atoms with van der Waals surface area (Å²) in [5, 5.41) is 2.68. The normalized spacial score (nSPS) is 14.9. The average molecular weight is 402 g/mol. The molecule has 1 fully saturated rings. The number of nitrogens with zero attached hydrogens (tertiary/aromatic N) is 3. The number of halogens is 3. The molecule has 1 aromatic heterocycles. The van der Waals surface area contributed by atoms with E-state index in [0.717, 1.165) is 23.3 Å². The Labute approximate surface area is 166 Å². The van der Waals surface area contributed by atoms with Crippen LogP contribution in [0.3, 0.4) is 0 Å². The summed E-state index contributed by atoms with van der Waals surface area (Å²) in [6.45, 7) is 1.56. The largest absolute Gasteiger partial charge is 0.449 e. The first-order chi connectivity index (χ1) is 13.9. The molecule has 0 aliphatic carbocycles. The molecule has 0 spiro atoms. The van der Waals surface area contributed by atoms with Crippen LogP contribution in [0.4, 0.5) is 24.5 Å². The number of para-hydroxylation sites is 2. The average Bonchev–Trinajstić information content (AvgIpc) is 3.08. The van der Waals surface area contributed by atoms with E-state index in [1.807, 2.05) is 12.1 Å². The zero-order chi connectivity index (χ0) is 20.4. The van der Waals surface area contributed by atoms with Gasteiger partial charge in [-0.2, -0.15) is 13.2 Å². The maximum absolute atomic E-state index is 13.4. The van der Waals surface area contributed by atoms with Crippen molar-refractivity contribution in [3.05, 3.63) is 54.4 Å². The Hall–Kier alpha value is -3.03. The van der Waals surface area contributed by atoms with Crippen molar-refractivity contribution >= 4 is 28.3 Å². The number of rotatable bonds is 4. The molecule has 1 N–H and O–H groups in total. The standard InChI is InChI=1S/C21H21F3N4O/c22-21(23,24)20-26-17-6-2-3-7-18(17)28(20)14-19(29)25-15-8-10-16(11-9-15)27-12-4-1-5-13-27/h2-3,6-11H,1,4-5,12-14H2,(H,25,29). The molecule has 1 aliphatic rings. The van der Waals surface area contributed by atoms with Gasteiger partial charge in [0.1, 0.15) is 6.54 Å². The molecule has 8 heteroatoms. The van der Waals surface area contributed by atoms with Crippen LogP contribution in [0.5, 0.6) is 0 Å². The zero-order valence-electron chi connectivity index (χ0n) is 15.7. The van der Waals surface area contributed by atoms with Gasteiger partial charge >= 0.3 is 6.18 Å². The van der Waals surface area contributed by atoms with Crippen molar-refractivity contribution in [2.45, 2.75) is 32.0 Å². The van der Waals surface area contributed by atoms with Crippen LogP contribution >= 0.6 is 0 Å². The highest BCUT2D eigenvalue weighted by Gasteiger charge is 2.38. The molecule has 2 aromatic carbocycles. The van der Waals surface area contributed by atoms with Crippen LogP contribution in [0.15, 0.2) is 48.5 Å². The van der Waals surface area contributed by atoms with Crippen LogP contribution in [0.1, 0.15) is 25.1 Å². The molecule has 1 aliphatic heterocycles. The van der Waals surface area contributed by atoms with Gasteiger partial charge in [0.15, 0.2) is 0 Å². The third-order valence-electron chi connectivity index (χ3n) is 5.08. The third kappa shape index (κ3) is 4.21. The summed E-state index contributed by atoms with van der Waals surface area (Å²) in [6, 6.07) is 13.7. The van der Waals surface area contributed by atoms with E-state index in [-0.39, 0.29) is 11.0 Å². The molecule has 0 bridgehead atoms. The lowest BCUT2D eigenvalue weighted by Crippen LogP contribution is -2.29. The second kappa shape index (κ2) is 7.77. The van der Waals surface area contributed by atoms with Crippen LogP contribution in [0, 0.1) is 0 Å². The highest BCUT2D eigenvalue weighted by molar-refractivity contribution is 5.92. The van der Waals surface area contributed by atoms with Crippen molar-refractivity contribution in [1.29, 1.82) is 0 Å². The lowest BCUT2D eigenvalue weighted by Gasteiger charge is -2.28. The van der Waals surface area contributed by atoms with Crippen molar-refractivity contribution in [2.24, 2.45) is 0 Å². The minimum absolute atomic E-state index is 0.207. The number of aromatic nitrogens is 2. The summed E-state index contributed by atoms with van der Waals surface area (Å²) in [4.78, 5) is 18.4. The number of benzene rings is 2. The fourth-order valence-electron chi connectivity index (χ4n) is 3.70. The smallest absolute Gasteiger partial charge is 0.372 e. The second-order valence-corrected chi connectivity index (χ2v) is 7.15. The Kier molecular flexibility index (Phi) is 5.17. The van der Waals surface area contributed by atoms with Crippen LogP contribution in [0.2, 0.25) is 0 Å². The van der Waals surface area contributed by atoms with Crippen molar-refractivity contribution in [3.63, 3.8) is 0 Å². The van der Waals surface area contributed by atoms with Gasteiger partial charge in [0.2, 0.25) is 11.7 Å². The zero-order valence-corrected chi connectivity index (χ0v) is 15.7. The Morgan fingerprint density at radius 1 is 1.00 bits per heavy atom. The number of amides is 1. The van der Waals surface area contributed by atoms with Gasteiger partial charge in [-0.05, 0) is 55.7 Å². The number of alkyl halides is 3. The van der Waals surface area contributed by atoms with Gasteiger partial charge in [0.25, 0.3) is 0 Å². The molecule has 4 rings (SSSR count). The maximum atomic E-state index is 13.4. The van der Waals surface area contributed by atoms with Gasteiger partial charge in [-0.25, -0.2) is 4.98 Å². The number of nitrogens with one attached hydrogen (secondary N) is 1. The number of anilines is 2. The number of hydrogen-bond acceptors (Lipinski definition) is 3. The van der Waals surface area contributed by atoms with Crippen molar-refractivity contribution in [3.8, 4) is 0 Å². The topological polar surface area (TPSA) is 50.2 Å². The maximum Gasteiger partial charge on any atom is 0.449 e. The lowest BCUT2D eigenvalue weighted by molar-refractivity contribution is -0.147. The number of carbonyl (C=O) groups is 1. The third-order valence-corrected chi connectivity index (χ3v) is 5.08. The van der Waals surface area contributed by atoms with Crippen molar-refractivity contribution < 1.29 is 18.0 Å². The van der Waals surface area contributed by atoms with E-state index in [4.69, 9.17) is 0 Å². The number of piperidine rings is 1. The van der Waals surface area contributed by atoms with Crippen LogP contribution < -0.4 is 10.2 Å². The summed E-state index contributed by atoms with van der Waals surface area (Å²) in [6.07, 6.45) is -1.07. The van der Waals surface area contributed by atoms with E-state index >= 15 is 0 Å². The predicted octanol–water partition coefficient (Wildman–Crippen LogP) is 4.68. The van der Waals surface area contributed by atoms with E-state index < -0.39 is 24.5 Å². The van der Waals surface area contributed by atoms with Crippen molar-refractivity contribution in [2.75, 3.05) is 23.3 Å². The van der Waals surface area contributed by atoms with Gasteiger partial charge < -0.3 is 14.8 Å². The molecule has 2 heterocycles. The number of carbonyl (C=O) groups excluding carboxylic acids is 1. The number of imidazole rings is 1. The summed E-state index contributed by atoms with van der Waals surface area (Å²) in [5.74, 6) is -1.61. The molecule has 1 amide bonds. The SMILES string of the molecule is O=C(Cn1c(C(F)(F)F)nc2ccccc21)Nc1ccc(N2CCCCC2)cc1. The Balaban J connectivity index is 1.50. The molecule has 0 unspecified atom stereocenters. The van der Waals surface area contributed by atoms with Gasteiger partial charge in [-0.1, -0.05) is 12.1 Å². The van der Waals surface area contributed by atoms with E-state index in [0.29, 0.717) is 5.69 Å². The Morgan fingerprint density at radius 3 is 2.38 bits per heavy atom. The summed E-state index contributed by atoms with van der Waals surface area (Å²) >= 11 is 0. The molecule has 152 valence electrons. The summed E-state index contributed by atoms with van der Waals surface area (Å²) in [7, 11) is 0. The van der Waals surface area contributed by atoms with E-state index in [2.05, 4.69) is 15.2 Å². The number of fused-ring (bicyclic) bond motifs is 1. The van der Waals surface area contributed by atoms with Gasteiger partial charge in [-0.15, -0.1) is 0 Å². The molecule has 1 saturated heterocycles. The van der Waals surface area contributed by atoms with E-state index in [1.54, 1.807) is 24.3 Å². The highest BCUT2D eigenvalue weighted by Crippen LogP contribution is 2.31. The summed E-state index contributed by atoms with van der Waals surface area (Å²) < 4.78 is 41.0. The molecule has 0 saturated carbocycles. The molecular weight excluding hydrogens is 381 g/mol. The molecule has 0 atom stereocenters. The predicted molar refractivity (Wildman–Crippen MR) is 106 cm³/mol. The van der Waals surface area contributed by atoms with E-state index in [9.17, 15) is 18.0 Å². The highest BCUT2D eigenvalue weighted by atomic mass is 19.4. The Bertz CT molecular complexity index is 1000. The van der Waals surface area contributed by atoms with Gasteiger partial charge in [-0.3, -0.25) is 4.79 Å². The van der Waals surface area contributed by atoms with Crippen LogP contribution in [0.25, 0.3) is 11.0 Å². The number of hydrogen-bond donors (Lipinski definition) is 1. The van der Waals surface area contributed by atoms with Crippen molar-refractivity contribution in [1.82, 2.24) is 9.55 Å². The summed E-state index contributed by atoms with van der Waals surface area (Å²) in [5.41, 5.74) is 2.12. The van der Waals surface area contributed by atoms with Crippen LogP contribution in [-0.2, 0) is 17.5 Å². The monoisotopic (exact) mass is 402 g/mol. The van der Waals surface area contributed by atoms with Crippen LogP contribution in [-0.4, -0.2) is 28.5 Å². The molecule has 0 radical (unpaired) electrons. The van der Waals surface area contributed by atoms with Gasteiger partial charge in [0.05, 0.1) is 11.0 Å². The first-order valence-corrected chi connectivity index (χ1v) is 9.59. The molecule has 3 aromatic rings. The van der Waals surface area contributed by atoms with E-state index in [1.165, 1.54) is 31.4 Å². The second-order valence-electron chi connectivity index (χ2n) is 7.15. The quantitative estimate of drug-likeness (QED) is 0.689. The minimum atomic E-state index is -4.64. The molecule has 29 heavy (non-hydrogen) atoms. The molecular formula is C21H21F3N4O. The Morgan fingerprint density at radius 2 is 1.69 bits per heavy atom. The first-order valence-electron chi connectivity index (χ1n) is 9.59. The minimum Gasteiger partial charge on any atom is -0.372 e. The fourth-order valence-corrected chi connectivity index (χ4v) is 3.70. The fraction of sp³-hybridized carbons (Fsp3) is 0.333. The molecule has 5 nitrogen and oxygen atoms in total. The lowest BCUT2D eigenvalue weighted by atomic mass is 10.1. The van der Waals surface area contributed by atoms with Gasteiger partial charge in [0, 0.05) is 24.5 Å². The first kappa shape index (κ1) is 19.3.